The van der Waals surface area contributed by atoms with E-state index < -0.39 is 60.8 Å². The summed E-state index contributed by atoms with van der Waals surface area (Å²) in [5, 5.41) is 21.0. The Kier molecular flexibility index (Phi) is 11.0. The third kappa shape index (κ3) is 8.44. The molecule has 1 heterocycles. The highest BCUT2D eigenvalue weighted by Crippen LogP contribution is 2.23. The third-order valence-electron chi connectivity index (χ3n) is 5.72. The highest BCUT2D eigenvalue weighted by atomic mass is 19.4. The van der Waals surface area contributed by atoms with Crippen LogP contribution in [0.1, 0.15) is 51.9 Å². The van der Waals surface area contributed by atoms with Crippen molar-refractivity contribution < 1.29 is 37.5 Å². The molecule has 1 aliphatic rings. The van der Waals surface area contributed by atoms with Crippen LogP contribution in [-0.4, -0.2) is 88.8 Å². The molecule has 2 atom stereocenters. The van der Waals surface area contributed by atoms with Gasteiger partial charge in [-0.25, -0.2) is 4.79 Å². The van der Waals surface area contributed by atoms with Gasteiger partial charge in [-0.05, 0) is 32.1 Å². The minimum Gasteiger partial charge on any atom is -0.494 e. The molecule has 0 radical (unpaired) electrons. The lowest BCUT2D eigenvalue weighted by atomic mass is 10.0. The molecule has 0 aromatic rings. The number of amides is 5. The van der Waals surface area contributed by atoms with Crippen molar-refractivity contribution in [3.05, 3.63) is 11.5 Å². The molecule has 0 aromatic heterocycles. The van der Waals surface area contributed by atoms with Gasteiger partial charge in [-0.3, -0.25) is 29.6 Å². The van der Waals surface area contributed by atoms with Crippen LogP contribution in [0.4, 0.5) is 18.0 Å². The monoisotopic (exact) mass is 506 g/mol. The fourth-order valence-corrected chi connectivity index (χ4v) is 3.74. The number of aliphatic hydroxyl groups is 1. The van der Waals surface area contributed by atoms with E-state index in [2.05, 4.69) is 5.32 Å². The van der Waals surface area contributed by atoms with Gasteiger partial charge in [-0.15, -0.1) is 0 Å². The normalized spacial score (nSPS) is 17.5. The second kappa shape index (κ2) is 13.0. The van der Waals surface area contributed by atoms with Crippen molar-refractivity contribution in [1.29, 1.82) is 5.41 Å². The Labute approximate surface area is 201 Å². The maximum atomic E-state index is 12.7. The van der Waals surface area contributed by atoms with E-state index in [9.17, 15) is 37.5 Å². The van der Waals surface area contributed by atoms with E-state index in [0.717, 1.165) is 4.90 Å². The largest absolute Gasteiger partial charge is 0.494 e. The Hall–Kier alpha value is -3.32. The maximum absolute atomic E-state index is 12.7. The predicted octanol–water partition coefficient (Wildman–Crippen LogP) is 1.84. The smallest absolute Gasteiger partial charge is 0.389 e. The molecular weight excluding hydrogens is 473 g/mol. The van der Waals surface area contributed by atoms with Crippen molar-refractivity contribution in [3.63, 3.8) is 0 Å². The first-order valence-electron chi connectivity index (χ1n) is 11.2. The van der Waals surface area contributed by atoms with Gasteiger partial charge in [0.15, 0.2) is 0 Å². The Bertz CT molecular complexity index is 848. The Morgan fingerprint density at radius 2 is 1.94 bits per heavy atom. The van der Waals surface area contributed by atoms with Crippen molar-refractivity contribution >= 4 is 30.1 Å². The van der Waals surface area contributed by atoms with Crippen LogP contribution >= 0.6 is 0 Å². The number of hydrogen-bond donors (Lipinski definition) is 4. The standard InChI is InChI=1S/C21H33F3N6O5/c1-4-7-13(8-5-9-14-17(32)29(3)20(35)27-14)28(2)18(33)15(16(25)26)19(34)30(12-31)11-6-10-21(22,23)24/h12-14,33H,4-11H2,1-3H3,(H3,25,26)(H,27,35)/b18-15+/t13-,14?/m1/s1. The molecule has 35 heavy (non-hydrogen) atoms. The van der Waals surface area contributed by atoms with E-state index in [-0.39, 0.29) is 18.4 Å². The molecule has 0 saturated carbocycles. The van der Waals surface area contributed by atoms with Crippen molar-refractivity contribution in [3.8, 4) is 0 Å². The van der Waals surface area contributed by atoms with Crippen LogP contribution in [0, 0.1) is 5.41 Å². The van der Waals surface area contributed by atoms with Crippen molar-refractivity contribution in [2.24, 2.45) is 5.73 Å². The average Bonchev–Trinajstić information content (AvgIpc) is 3.01. The molecule has 1 saturated heterocycles. The number of carbonyl (C=O) groups excluding carboxylic acids is 4. The topological polar surface area (TPSA) is 160 Å². The number of amidine groups is 1. The Morgan fingerprint density at radius 1 is 1.31 bits per heavy atom. The summed E-state index contributed by atoms with van der Waals surface area (Å²) in [7, 11) is 2.83. The summed E-state index contributed by atoms with van der Waals surface area (Å²) in [6.45, 7) is 1.33. The number of nitrogens with one attached hydrogen (secondary N) is 2. The van der Waals surface area contributed by atoms with Gasteiger partial charge < -0.3 is 21.1 Å². The lowest BCUT2D eigenvalue weighted by molar-refractivity contribution is -0.142. The summed E-state index contributed by atoms with van der Waals surface area (Å²) in [5.41, 5.74) is 4.78. The highest BCUT2D eigenvalue weighted by molar-refractivity contribution is 6.21. The van der Waals surface area contributed by atoms with Gasteiger partial charge >= 0.3 is 12.2 Å². The van der Waals surface area contributed by atoms with E-state index in [4.69, 9.17) is 11.1 Å². The van der Waals surface area contributed by atoms with Gasteiger partial charge in [0.05, 0.1) is 0 Å². The van der Waals surface area contributed by atoms with Crippen LogP contribution in [0.2, 0.25) is 0 Å². The Balaban J connectivity index is 2.97. The number of rotatable bonds is 14. The van der Waals surface area contributed by atoms with Gasteiger partial charge in [0.2, 0.25) is 12.3 Å². The molecular formula is C21H33F3N6O5. The van der Waals surface area contributed by atoms with Gasteiger partial charge in [0.1, 0.15) is 17.5 Å². The van der Waals surface area contributed by atoms with Gasteiger partial charge in [-0.1, -0.05) is 13.3 Å². The molecule has 0 bridgehead atoms. The van der Waals surface area contributed by atoms with Gasteiger partial charge in [0, 0.05) is 33.1 Å². The zero-order valence-electron chi connectivity index (χ0n) is 20.0. The third-order valence-corrected chi connectivity index (χ3v) is 5.72. The van der Waals surface area contributed by atoms with Gasteiger partial charge in [-0.2, -0.15) is 13.2 Å². The number of nitrogens with two attached hydrogens (primary N) is 1. The number of urea groups is 1. The molecule has 0 aliphatic carbocycles. The van der Waals surface area contributed by atoms with Crippen LogP contribution in [0.15, 0.2) is 11.5 Å². The first-order chi connectivity index (χ1) is 16.2. The molecule has 1 rings (SSSR count). The van der Waals surface area contributed by atoms with E-state index in [0.29, 0.717) is 37.0 Å². The molecule has 5 N–H and O–H groups in total. The van der Waals surface area contributed by atoms with Crippen LogP contribution in [-0.2, 0) is 14.4 Å². The summed E-state index contributed by atoms with van der Waals surface area (Å²) < 4.78 is 37.2. The van der Waals surface area contributed by atoms with Crippen LogP contribution in [0.25, 0.3) is 0 Å². The molecule has 11 nitrogen and oxygen atoms in total. The summed E-state index contributed by atoms with van der Waals surface area (Å²) in [5.74, 6) is -3.06. The fraction of sp³-hybridized carbons (Fsp3) is 0.667. The molecule has 198 valence electrons. The molecule has 1 fully saturated rings. The van der Waals surface area contributed by atoms with E-state index in [1.165, 1.54) is 19.0 Å². The van der Waals surface area contributed by atoms with Crippen LogP contribution in [0.5, 0.6) is 0 Å². The Morgan fingerprint density at radius 3 is 2.40 bits per heavy atom. The number of imide groups is 2. The van der Waals surface area contributed by atoms with Gasteiger partial charge in [0.25, 0.3) is 11.8 Å². The first kappa shape index (κ1) is 29.7. The van der Waals surface area contributed by atoms with E-state index in [1.54, 1.807) is 0 Å². The van der Waals surface area contributed by atoms with E-state index in [1.807, 2.05) is 6.92 Å². The summed E-state index contributed by atoms with van der Waals surface area (Å²) in [6, 6.07) is -1.50. The fourth-order valence-electron chi connectivity index (χ4n) is 3.74. The number of aliphatic hydroxyl groups excluding tert-OH is 1. The summed E-state index contributed by atoms with van der Waals surface area (Å²) >= 11 is 0. The van der Waals surface area contributed by atoms with Crippen LogP contribution < -0.4 is 11.1 Å². The second-order valence-corrected chi connectivity index (χ2v) is 8.32. The minimum atomic E-state index is -4.46. The van der Waals surface area contributed by atoms with Crippen molar-refractivity contribution in [2.75, 3.05) is 20.6 Å². The molecule has 5 amide bonds. The molecule has 1 aliphatic heterocycles. The quantitative estimate of drug-likeness (QED) is 0.0698. The number of hydrogen-bond acceptors (Lipinski definition) is 7. The predicted molar refractivity (Wildman–Crippen MR) is 120 cm³/mol. The lowest BCUT2D eigenvalue weighted by Crippen LogP contribution is -2.40. The molecule has 0 aromatic carbocycles. The van der Waals surface area contributed by atoms with E-state index >= 15 is 0 Å². The minimum absolute atomic E-state index is 0.0301. The lowest BCUT2D eigenvalue weighted by Gasteiger charge is -2.31. The summed E-state index contributed by atoms with van der Waals surface area (Å²) in [6.07, 6.45) is -3.68. The molecule has 14 heteroatoms. The zero-order valence-corrected chi connectivity index (χ0v) is 20.0. The number of nitrogens with zero attached hydrogens (tertiary/aromatic N) is 3. The number of halogens is 3. The first-order valence-corrected chi connectivity index (χ1v) is 11.2. The highest BCUT2D eigenvalue weighted by Gasteiger charge is 2.35. The number of likely N-dealkylation sites (N-methyl/N-ethyl adjacent to an activating group) is 1. The molecule has 0 spiro atoms. The second-order valence-electron chi connectivity index (χ2n) is 8.32. The number of alkyl halides is 3. The number of carbonyl (C=O) groups is 4. The van der Waals surface area contributed by atoms with Crippen molar-refractivity contribution in [2.45, 2.75) is 70.1 Å². The summed E-state index contributed by atoms with van der Waals surface area (Å²) in [4.78, 5) is 50.5. The maximum Gasteiger partial charge on any atom is 0.389 e. The zero-order chi connectivity index (χ0) is 26.9. The molecule has 1 unspecified atom stereocenters. The van der Waals surface area contributed by atoms with Crippen molar-refractivity contribution in [1.82, 2.24) is 20.0 Å². The average molecular weight is 507 g/mol. The van der Waals surface area contributed by atoms with Crippen LogP contribution in [0.3, 0.4) is 0 Å². The SMILES string of the molecule is CCC[C@H](CCCC1NC(=O)N(C)C1=O)N(C)/C(O)=C(/C(=N)N)C(=O)N(C=O)CCCC(F)(F)F.